The number of hydrogen-bond donors (Lipinski definition) is 0. The third kappa shape index (κ3) is 21.4. The second-order valence-corrected chi connectivity index (χ2v) is 45.7. The first-order chi connectivity index (χ1) is 62.3. The highest BCUT2D eigenvalue weighted by molar-refractivity contribution is 7.87. The third-order valence-corrected chi connectivity index (χ3v) is 38.4. The van der Waals surface area contributed by atoms with Crippen LogP contribution in [0.15, 0.2) is 328 Å². The molecule has 0 unspecified atom stereocenters. The van der Waals surface area contributed by atoms with E-state index in [1.807, 2.05) is 182 Å². The zero-order valence-electron chi connectivity index (χ0n) is 78.1. The van der Waals surface area contributed by atoms with Crippen LogP contribution in [0.2, 0.25) is 0 Å². The van der Waals surface area contributed by atoms with Crippen LogP contribution in [0.3, 0.4) is 0 Å². The molecule has 0 aliphatic carbocycles. The zero-order chi connectivity index (χ0) is 93.8. The van der Waals surface area contributed by atoms with Crippen molar-refractivity contribution >= 4 is 115 Å². The first-order valence-electron chi connectivity index (χ1n) is 42.6. The normalized spacial score (nSPS) is 11.3. The molecular weight excluding hydrogens is 1710 g/mol. The van der Waals surface area contributed by atoms with E-state index in [4.69, 9.17) is 42.6 Å². The number of hydrogen-bond acceptors (Lipinski definition) is 14. The van der Waals surface area contributed by atoms with Gasteiger partial charge in [0.2, 0.25) is 0 Å². The summed E-state index contributed by atoms with van der Waals surface area (Å²) >= 11 is 0. The van der Waals surface area contributed by atoms with Crippen LogP contribution in [0.1, 0.15) is 66.8 Å². The molecule has 0 bridgehead atoms. The Morgan fingerprint density at radius 3 is 0.531 bits per heavy atom. The topological polar surface area (TPSA) is 168 Å². The Bertz CT molecular complexity index is 6070. The maximum atomic E-state index is 15.6. The fourth-order valence-electron chi connectivity index (χ4n) is 16.0. The summed E-state index contributed by atoms with van der Waals surface area (Å²) in [7, 11) is -1.56. The van der Waals surface area contributed by atoms with Crippen LogP contribution in [-0.4, -0.2) is 64.0 Å². The van der Waals surface area contributed by atoms with Crippen LogP contribution in [-0.2, 0) is 22.8 Å². The second-order valence-electron chi connectivity index (χ2n) is 32.0. The van der Waals surface area contributed by atoms with Crippen molar-refractivity contribution in [1.82, 2.24) is 0 Å². The fourth-order valence-corrected chi connectivity index (χ4v) is 30.9. The molecule has 0 heterocycles. The lowest BCUT2D eigenvalue weighted by atomic mass is 10.1. The Morgan fingerprint density at radius 2 is 0.338 bits per heavy atom. The third-order valence-electron chi connectivity index (χ3n) is 23.1. The van der Waals surface area contributed by atoms with E-state index in [0.717, 1.165) is 114 Å². The van der Waals surface area contributed by atoms with Gasteiger partial charge in [0.25, 0.3) is 0 Å². The predicted octanol–water partition coefficient (Wildman–Crippen LogP) is 20.4. The molecule has 0 saturated carbocycles. The minimum absolute atomic E-state index is 0.343. The van der Waals surface area contributed by atoms with Gasteiger partial charge < -0.3 is 65.5 Å². The molecule has 0 radical (unpaired) electrons. The van der Waals surface area contributed by atoms with Gasteiger partial charge in [-0.2, -0.15) is 0 Å². The Labute approximate surface area is 768 Å². The van der Waals surface area contributed by atoms with Crippen LogP contribution >= 0.6 is 35.7 Å². The van der Waals surface area contributed by atoms with Crippen molar-refractivity contribution in [2.75, 3.05) is 64.0 Å². The minimum Gasteiger partial charge on any atom is -0.497 e. The second kappa shape index (κ2) is 43.8. The van der Waals surface area contributed by atoms with E-state index in [1.165, 1.54) is 76.0 Å². The van der Waals surface area contributed by atoms with E-state index in [0.29, 0.717) is 50.4 Å². The van der Waals surface area contributed by atoms with Crippen molar-refractivity contribution in [2.45, 2.75) is 83.1 Å². The molecule has 14 nitrogen and oxygen atoms in total. The highest BCUT2D eigenvalue weighted by Crippen LogP contribution is 2.57. The molecule has 0 amide bonds. The minimum atomic E-state index is -3.85. The van der Waals surface area contributed by atoms with E-state index >= 15 is 4.57 Å². The molecule has 0 atom stereocenters. The van der Waals surface area contributed by atoms with Gasteiger partial charge in [-0.1, -0.05) is 197 Å². The quantitative estimate of drug-likeness (QED) is 0.0524. The van der Waals surface area contributed by atoms with Gasteiger partial charge in [-0.15, -0.1) is 0 Å². The van der Waals surface area contributed by atoms with E-state index in [1.54, 1.807) is 75.9 Å². The molecule has 0 N–H and O–H groups in total. The summed E-state index contributed by atoms with van der Waals surface area (Å²) in [6.07, 6.45) is 0. The van der Waals surface area contributed by atoms with E-state index in [2.05, 4.69) is 174 Å². The molecule has 130 heavy (non-hydrogen) atoms. The van der Waals surface area contributed by atoms with Gasteiger partial charge >= 0.3 is 0 Å². The van der Waals surface area contributed by atoms with Gasteiger partial charge in [0.1, 0.15) is 67.7 Å². The molecule has 0 saturated heterocycles. The van der Waals surface area contributed by atoms with Crippen molar-refractivity contribution in [3.63, 3.8) is 0 Å². The lowest BCUT2D eigenvalue weighted by Crippen LogP contribution is -2.31. The Morgan fingerprint density at radius 1 is 0.154 bits per heavy atom. The summed E-state index contributed by atoms with van der Waals surface area (Å²) in [6.45, 7) is 25.0. The van der Waals surface area contributed by atoms with Crippen LogP contribution in [0, 0.1) is 83.1 Å². The van der Waals surface area contributed by atoms with Gasteiger partial charge in [0, 0.05) is 63.7 Å². The molecule has 19 heteroatoms. The van der Waals surface area contributed by atoms with E-state index in [-0.39, 0.29) is 0 Å². The van der Waals surface area contributed by atoms with Gasteiger partial charge in [-0.25, -0.2) is 0 Å². The number of benzene rings is 15. The summed E-state index contributed by atoms with van der Waals surface area (Å²) in [6, 6.07) is 104. The Hall–Kier alpha value is -12.4. The van der Waals surface area contributed by atoms with Crippen LogP contribution in [0.4, 0.5) is 0 Å². The SMILES string of the molecule is COc1ccc(P(=O)(c2ccccc2)c2ccc(OC)cc2)cc1.COc1ccc(P(=O)(c2ccccc2)c2ccccc2)cc1.COc1cccc(OC)c1P(=O)(c1c(OC)cccc1OC)c1c(OC)cccc1OC.Cc1cc(C)cc(P(=O)(c2cc(C)cc(C)c2)c2cc(C)cc(C)c2)c1.Cc1ccc(P(=O)(c2ccc(C)c(C)c2)c2ccc(C)c(C)c2)cc1C. The standard InChI is InChI=1S/C24H27O7P.2C24H27OP.C20H19O3P.C19H17O2P/c1-26-16-10-7-11-17(27-2)22(16)32(25,23-18(28-3)12-8-13-19(23)29-4)24-20(30-5)14-9-15-21(24)31-6;1-16-7-17(2)11-22(10-16)26(25,23-12-18(3)8-19(4)13-23)24-14-20(5)9-21(6)15-24;1-16-7-10-22(13-19(16)4)26(25,23-11-8-17(2)20(5)14-23)24-12-9-18(3)21(6)15-24;1-22-16-8-12-19(13-9-16)24(21,18-6-4-3-5-7-18)20-14-10-17(23-2)11-15-20;1-21-16-12-14-19(15-13-16)22(20,17-8-4-2-5-9-17)18-10-6-3-7-11-18/h7-15H,1-6H3;2*7-15H,1-6H3;3-15H,1-2H3;2-15H,1H3. The number of ether oxygens (including phenoxy) is 9. The van der Waals surface area contributed by atoms with Gasteiger partial charge in [-0.3, -0.25) is 0 Å². The maximum absolute atomic E-state index is 15.6. The summed E-state index contributed by atoms with van der Waals surface area (Å²) in [5.74, 6) is 4.55. The average Bonchev–Trinajstić information content (AvgIpc) is 0.716. The van der Waals surface area contributed by atoms with Gasteiger partial charge in [0.15, 0.2) is 35.7 Å². The number of rotatable bonds is 24. The smallest absolute Gasteiger partial charge is 0.193 e. The molecule has 15 rings (SSSR count). The van der Waals surface area contributed by atoms with Crippen molar-refractivity contribution in [3.05, 3.63) is 394 Å². The highest BCUT2D eigenvalue weighted by atomic mass is 31.2. The average molecular weight is 1830 g/mol. The molecule has 0 fully saturated rings. The van der Waals surface area contributed by atoms with Crippen molar-refractivity contribution in [1.29, 1.82) is 0 Å². The number of methoxy groups -OCH3 is 9. The van der Waals surface area contributed by atoms with Crippen LogP contribution < -0.4 is 122 Å². The van der Waals surface area contributed by atoms with Gasteiger partial charge in [0.05, 0.1) is 64.0 Å². The van der Waals surface area contributed by atoms with Crippen LogP contribution in [0.25, 0.3) is 0 Å². The van der Waals surface area contributed by atoms with Crippen molar-refractivity contribution < 1.29 is 65.5 Å². The Balaban J connectivity index is 0.000000158. The van der Waals surface area contributed by atoms with Crippen molar-refractivity contribution in [2.24, 2.45) is 0 Å². The lowest BCUT2D eigenvalue weighted by Gasteiger charge is -2.28. The molecule has 670 valence electrons. The van der Waals surface area contributed by atoms with Crippen LogP contribution in [0.5, 0.6) is 51.7 Å². The monoisotopic (exact) mass is 1830 g/mol. The molecule has 0 aliphatic heterocycles. The molecule has 0 aliphatic rings. The summed E-state index contributed by atoms with van der Waals surface area (Å²) in [5, 5.41) is 11.4. The maximum Gasteiger partial charge on any atom is 0.193 e. The molecule has 0 spiro atoms. The van der Waals surface area contributed by atoms with Gasteiger partial charge in [-0.05, 0) is 280 Å². The first-order valence-corrected chi connectivity index (χ1v) is 51.2. The molecule has 15 aromatic carbocycles. The van der Waals surface area contributed by atoms with Crippen molar-refractivity contribution in [3.8, 4) is 51.7 Å². The predicted molar refractivity (Wildman–Crippen MR) is 545 cm³/mol. The summed E-state index contributed by atoms with van der Waals surface area (Å²) in [5.41, 5.74) is 14.1. The highest BCUT2D eigenvalue weighted by Gasteiger charge is 2.45. The first kappa shape index (κ1) is 98.2. The van der Waals surface area contributed by atoms with E-state index in [9.17, 15) is 18.3 Å². The molecule has 0 aromatic heterocycles. The van der Waals surface area contributed by atoms with E-state index < -0.39 is 35.7 Å². The lowest BCUT2D eigenvalue weighted by molar-refractivity contribution is 0.396. The molecular formula is C111H117O14P5. The Kier molecular flexibility index (Phi) is 33.1. The number of aryl methyl sites for hydroxylation is 12. The molecule has 15 aromatic rings. The summed E-state index contributed by atoms with van der Waals surface area (Å²) < 4.78 is 123. The fraction of sp³-hybridized carbons (Fsp3) is 0.189. The largest absolute Gasteiger partial charge is 0.497 e. The zero-order valence-corrected chi connectivity index (χ0v) is 82.6. The summed E-state index contributed by atoms with van der Waals surface area (Å²) in [4.78, 5) is 0.